The van der Waals surface area contributed by atoms with E-state index >= 15 is 0 Å². The largest absolute Gasteiger partial charge is 0.322 e. The molecule has 0 saturated carbocycles. The molecular weight excluding hydrogens is 263 g/mol. The molecule has 0 radical (unpaired) electrons. The first-order chi connectivity index (χ1) is 9.47. The van der Waals surface area contributed by atoms with E-state index in [9.17, 15) is 18.8 Å². The predicted molar refractivity (Wildman–Crippen MR) is 67.2 cm³/mol. The zero-order chi connectivity index (χ0) is 14.4. The standard InChI is InChI=1S/C14H13FN2O3/c1-7-4-9-8(5-10(7)15)6-17(14(9)20)11-2-3-12(18)16-13(11)19/h4-5,11H,2-3,6H2,1H3,(H,16,18,19)/t11-/m0/s1. The maximum Gasteiger partial charge on any atom is 0.255 e. The average molecular weight is 276 g/mol. The highest BCUT2D eigenvalue weighted by molar-refractivity contribution is 6.05. The van der Waals surface area contributed by atoms with Crippen LogP contribution in [0.3, 0.4) is 0 Å². The van der Waals surface area contributed by atoms with Crippen LogP contribution in [0.15, 0.2) is 12.1 Å². The predicted octanol–water partition coefficient (Wildman–Crippen LogP) is 0.895. The van der Waals surface area contributed by atoms with Crippen molar-refractivity contribution in [2.45, 2.75) is 32.4 Å². The Hall–Kier alpha value is -2.24. The van der Waals surface area contributed by atoms with Gasteiger partial charge in [0.2, 0.25) is 11.8 Å². The molecule has 0 spiro atoms. The molecule has 0 unspecified atom stereocenters. The van der Waals surface area contributed by atoms with Gasteiger partial charge >= 0.3 is 0 Å². The molecule has 2 aliphatic rings. The Kier molecular flexibility index (Phi) is 2.81. The molecule has 5 nitrogen and oxygen atoms in total. The number of hydrogen-bond acceptors (Lipinski definition) is 3. The van der Waals surface area contributed by atoms with Gasteiger partial charge in [0.1, 0.15) is 11.9 Å². The Bertz CT molecular complexity index is 642. The Morgan fingerprint density at radius 2 is 2.05 bits per heavy atom. The number of rotatable bonds is 1. The second-order valence-electron chi connectivity index (χ2n) is 5.16. The van der Waals surface area contributed by atoms with Gasteiger partial charge in [0.25, 0.3) is 5.91 Å². The summed E-state index contributed by atoms with van der Waals surface area (Å²) in [5, 5.41) is 2.23. The summed E-state index contributed by atoms with van der Waals surface area (Å²) in [5.74, 6) is -1.42. The number of imide groups is 1. The second kappa shape index (κ2) is 4.40. The second-order valence-corrected chi connectivity index (χ2v) is 5.16. The lowest BCUT2D eigenvalue weighted by Gasteiger charge is -2.29. The van der Waals surface area contributed by atoms with Gasteiger partial charge in [-0.25, -0.2) is 4.39 Å². The summed E-state index contributed by atoms with van der Waals surface area (Å²) in [6, 6.07) is 2.20. The molecule has 20 heavy (non-hydrogen) atoms. The molecule has 2 heterocycles. The average Bonchev–Trinajstić information content (AvgIpc) is 2.68. The third-order valence-electron chi connectivity index (χ3n) is 3.80. The highest BCUT2D eigenvalue weighted by atomic mass is 19.1. The van der Waals surface area contributed by atoms with E-state index in [0.29, 0.717) is 23.1 Å². The van der Waals surface area contributed by atoms with Crippen LogP contribution in [-0.2, 0) is 16.1 Å². The molecule has 1 atom stereocenters. The van der Waals surface area contributed by atoms with E-state index in [1.54, 1.807) is 6.92 Å². The fourth-order valence-corrected chi connectivity index (χ4v) is 2.69. The van der Waals surface area contributed by atoms with Crippen LogP contribution in [0.4, 0.5) is 4.39 Å². The number of halogens is 1. The van der Waals surface area contributed by atoms with Gasteiger partial charge in [-0.05, 0) is 36.6 Å². The fraction of sp³-hybridized carbons (Fsp3) is 0.357. The molecule has 1 N–H and O–H groups in total. The van der Waals surface area contributed by atoms with Crippen molar-refractivity contribution >= 4 is 17.7 Å². The van der Waals surface area contributed by atoms with E-state index in [2.05, 4.69) is 5.32 Å². The minimum absolute atomic E-state index is 0.206. The van der Waals surface area contributed by atoms with Gasteiger partial charge in [-0.15, -0.1) is 0 Å². The molecule has 104 valence electrons. The van der Waals surface area contributed by atoms with Crippen LogP contribution in [0, 0.1) is 12.7 Å². The number of amides is 3. The van der Waals surface area contributed by atoms with Gasteiger partial charge in [0.15, 0.2) is 0 Å². The number of carbonyl (C=O) groups excluding carboxylic acids is 3. The van der Waals surface area contributed by atoms with Crippen LogP contribution in [-0.4, -0.2) is 28.7 Å². The molecule has 3 amide bonds. The van der Waals surface area contributed by atoms with Crippen molar-refractivity contribution in [3.05, 3.63) is 34.6 Å². The number of nitrogens with one attached hydrogen (secondary N) is 1. The summed E-state index contributed by atoms with van der Waals surface area (Å²) < 4.78 is 13.5. The van der Waals surface area contributed by atoms with Gasteiger partial charge < -0.3 is 4.90 Å². The lowest BCUT2D eigenvalue weighted by atomic mass is 10.0. The molecule has 0 aliphatic carbocycles. The Morgan fingerprint density at radius 3 is 2.75 bits per heavy atom. The summed E-state index contributed by atoms with van der Waals surface area (Å²) >= 11 is 0. The first-order valence-electron chi connectivity index (χ1n) is 6.41. The quantitative estimate of drug-likeness (QED) is 0.775. The van der Waals surface area contributed by atoms with Crippen molar-refractivity contribution in [3.63, 3.8) is 0 Å². The Morgan fingerprint density at radius 1 is 1.30 bits per heavy atom. The third kappa shape index (κ3) is 1.88. The number of nitrogens with zero attached hydrogens (tertiary/aromatic N) is 1. The van der Waals surface area contributed by atoms with Crippen molar-refractivity contribution in [1.29, 1.82) is 0 Å². The van der Waals surface area contributed by atoms with Gasteiger partial charge in [-0.1, -0.05) is 0 Å². The van der Waals surface area contributed by atoms with E-state index < -0.39 is 11.9 Å². The lowest BCUT2D eigenvalue weighted by molar-refractivity contribution is -0.136. The number of aryl methyl sites for hydroxylation is 1. The first-order valence-corrected chi connectivity index (χ1v) is 6.41. The summed E-state index contributed by atoms with van der Waals surface area (Å²) in [7, 11) is 0. The highest BCUT2D eigenvalue weighted by Crippen LogP contribution is 2.29. The van der Waals surface area contributed by atoms with Crippen LogP contribution >= 0.6 is 0 Å². The molecule has 3 rings (SSSR count). The lowest BCUT2D eigenvalue weighted by Crippen LogP contribution is -2.52. The first kappa shape index (κ1) is 12.8. The number of carbonyl (C=O) groups is 3. The summed E-state index contributed by atoms with van der Waals surface area (Å²) in [4.78, 5) is 36.7. The topological polar surface area (TPSA) is 66.5 Å². The maximum atomic E-state index is 13.5. The van der Waals surface area contributed by atoms with Crippen LogP contribution < -0.4 is 5.32 Å². The van der Waals surface area contributed by atoms with Crippen molar-refractivity contribution in [2.24, 2.45) is 0 Å². The summed E-state index contributed by atoms with van der Waals surface area (Å²) in [6.45, 7) is 1.80. The number of hydrogen-bond donors (Lipinski definition) is 1. The minimum atomic E-state index is -0.657. The third-order valence-corrected chi connectivity index (χ3v) is 3.80. The zero-order valence-corrected chi connectivity index (χ0v) is 10.9. The molecule has 1 aromatic rings. The summed E-state index contributed by atoms with van der Waals surface area (Å²) in [5.41, 5.74) is 1.43. The summed E-state index contributed by atoms with van der Waals surface area (Å²) in [6.07, 6.45) is 0.524. The number of piperidine rings is 1. The molecule has 1 fully saturated rings. The molecule has 1 saturated heterocycles. The Balaban J connectivity index is 1.90. The molecular formula is C14H13FN2O3. The van der Waals surface area contributed by atoms with Crippen LogP contribution in [0.2, 0.25) is 0 Å². The minimum Gasteiger partial charge on any atom is -0.322 e. The van der Waals surface area contributed by atoms with E-state index in [1.807, 2.05) is 0 Å². The molecule has 0 aromatic heterocycles. The Labute approximate surface area is 114 Å². The van der Waals surface area contributed by atoms with Crippen molar-refractivity contribution < 1.29 is 18.8 Å². The highest BCUT2D eigenvalue weighted by Gasteiger charge is 2.39. The van der Waals surface area contributed by atoms with E-state index in [-0.39, 0.29) is 30.6 Å². The van der Waals surface area contributed by atoms with E-state index in [1.165, 1.54) is 17.0 Å². The molecule has 1 aromatic carbocycles. The van der Waals surface area contributed by atoms with Crippen LogP contribution in [0.5, 0.6) is 0 Å². The molecule has 0 bridgehead atoms. The molecule has 2 aliphatic heterocycles. The van der Waals surface area contributed by atoms with Gasteiger partial charge in [0, 0.05) is 18.5 Å². The van der Waals surface area contributed by atoms with Crippen LogP contribution in [0.25, 0.3) is 0 Å². The smallest absolute Gasteiger partial charge is 0.255 e. The molecule has 6 heteroatoms. The number of benzene rings is 1. The van der Waals surface area contributed by atoms with Gasteiger partial charge in [-0.3, -0.25) is 19.7 Å². The van der Waals surface area contributed by atoms with Crippen molar-refractivity contribution in [1.82, 2.24) is 10.2 Å². The maximum absolute atomic E-state index is 13.5. The SMILES string of the molecule is Cc1cc2c(cc1F)CN([C@H]1CCC(=O)NC1=O)C2=O. The van der Waals surface area contributed by atoms with Crippen LogP contribution in [0.1, 0.15) is 34.3 Å². The van der Waals surface area contributed by atoms with Gasteiger partial charge in [0.05, 0.1) is 0 Å². The monoisotopic (exact) mass is 276 g/mol. The van der Waals surface area contributed by atoms with E-state index in [4.69, 9.17) is 0 Å². The zero-order valence-electron chi connectivity index (χ0n) is 10.9. The normalized spacial score (nSPS) is 22.0. The number of fused-ring (bicyclic) bond motifs is 1. The van der Waals surface area contributed by atoms with Crippen molar-refractivity contribution in [2.75, 3.05) is 0 Å². The van der Waals surface area contributed by atoms with E-state index in [0.717, 1.165) is 0 Å². The van der Waals surface area contributed by atoms with Crippen molar-refractivity contribution in [3.8, 4) is 0 Å². The fourth-order valence-electron chi connectivity index (χ4n) is 2.69. The van der Waals surface area contributed by atoms with Gasteiger partial charge in [-0.2, -0.15) is 0 Å².